The van der Waals surface area contributed by atoms with Crippen molar-refractivity contribution in [3.05, 3.63) is 64.6 Å². The van der Waals surface area contributed by atoms with Crippen molar-refractivity contribution in [1.82, 2.24) is 4.57 Å². The lowest BCUT2D eigenvalue weighted by Crippen LogP contribution is -2.29. The van der Waals surface area contributed by atoms with Crippen molar-refractivity contribution in [3.63, 3.8) is 0 Å². The number of hydrogen-bond donors (Lipinski definition) is 1. The normalized spacial score (nSPS) is 11.3. The summed E-state index contributed by atoms with van der Waals surface area (Å²) < 4.78 is 24.6. The van der Waals surface area contributed by atoms with Gasteiger partial charge >= 0.3 is 12.1 Å². The molecular formula is C24H24ClFN2O5. The molecule has 0 fully saturated rings. The van der Waals surface area contributed by atoms with Crippen LogP contribution in [0.3, 0.4) is 0 Å². The van der Waals surface area contributed by atoms with Crippen LogP contribution in [0.15, 0.2) is 42.5 Å². The number of nitrogens with one attached hydrogen (secondary N) is 1. The van der Waals surface area contributed by atoms with E-state index in [1.165, 1.54) is 31.4 Å². The molecule has 0 aliphatic rings. The summed E-state index contributed by atoms with van der Waals surface area (Å²) in [5, 5.41) is 3.96. The number of carbonyl (C=O) groups excluding carboxylic acids is 3. The number of benzene rings is 2. The largest absolute Gasteiger partial charge is 0.464 e. The van der Waals surface area contributed by atoms with Gasteiger partial charge in [0.2, 0.25) is 0 Å². The number of anilines is 1. The van der Waals surface area contributed by atoms with E-state index in [2.05, 4.69) is 5.32 Å². The zero-order valence-electron chi connectivity index (χ0n) is 18.7. The van der Waals surface area contributed by atoms with Gasteiger partial charge in [-0.2, -0.15) is 0 Å². The van der Waals surface area contributed by atoms with E-state index in [1.54, 1.807) is 39.0 Å². The standard InChI is InChI=1S/C24H24ClFN2O5/c1-24(2,3)33-23(31)28-18-13-15(25)7-10-17(18)20(21(28)22(30)32-4)27-12-11-19(29)14-5-8-16(26)9-6-14/h5-10,13,27H,11-12H2,1-4H3. The van der Waals surface area contributed by atoms with Gasteiger partial charge in [-0.25, -0.2) is 18.5 Å². The van der Waals surface area contributed by atoms with E-state index in [-0.39, 0.29) is 24.4 Å². The highest BCUT2D eigenvalue weighted by Gasteiger charge is 2.30. The Morgan fingerprint density at radius 1 is 1.09 bits per heavy atom. The Bertz CT molecular complexity index is 1210. The summed E-state index contributed by atoms with van der Waals surface area (Å²) in [4.78, 5) is 38.2. The molecule has 0 saturated carbocycles. The lowest BCUT2D eigenvalue weighted by atomic mass is 10.1. The van der Waals surface area contributed by atoms with Gasteiger partial charge in [0.05, 0.1) is 18.3 Å². The summed E-state index contributed by atoms with van der Waals surface area (Å²) in [5.41, 5.74) is 0.151. The van der Waals surface area contributed by atoms with E-state index in [9.17, 15) is 18.8 Å². The Kier molecular flexibility index (Phi) is 7.07. The van der Waals surface area contributed by atoms with Crippen molar-refractivity contribution in [2.75, 3.05) is 19.0 Å². The van der Waals surface area contributed by atoms with Gasteiger partial charge in [0.15, 0.2) is 11.5 Å². The first-order chi connectivity index (χ1) is 15.5. The van der Waals surface area contributed by atoms with Crippen LogP contribution in [0.25, 0.3) is 10.9 Å². The first-order valence-electron chi connectivity index (χ1n) is 10.2. The maximum atomic E-state index is 13.1. The van der Waals surface area contributed by atoms with Crippen molar-refractivity contribution >= 4 is 46.0 Å². The van der Waals surface area contributed by atoms with Gasteiger partial charge in [-0.05, 0) is 63.2 Å². The van der Waals surface area contributed by atoms with Gasteiger partial charge < -0.3 is 14.8 Å². The molecule has 0 atom stereocenters. The minimum Gasteiger partial charge on any atom is -0.464 e. The summed E-state index contributed by atoms with van der Waals surface area (Å²) >= 11 is 6.15. The van der Waals surface area contributed by atoms with E-state index in [4.69, 9.17) is 21.1 Å². The molecule has 0 unspecified atom stereocenters. The van der Waals surface area contributed by atoms with Crippen molar-refractivity contribution in [2.45, 2.75) is 32.8 Å². The van der Waals surface area contributed by atoms with Crippen LogP contribution >= 0.6 is 11.6 Å². The summed E-state index contributed by atoms with van der Waals surface area (Å²) in [7, 11) is 1.20. The topological polar surface area (TPSA) is 86.6 Å². The number of rotatable bonds is 6. The van der Waals surface area contributed by atoms with Gasteiger partial charge in [0, 0.05) is 28.9 Å². The van der Waals surface area contributed by atoms with Gasteiger partial charge in [-0.3, -0.25) is 4.79 Å². The lowest BCUT2D eigenvalue weighted by Gasteiger charge is -2.20. The Balaban J connectivity index is 1.99. The van der Waals surface area contributed by atoms with E-state index in [0.717, 1.165) is 4.57 Å². The third-order valence-electron chi connectivity index (χ3n) is 4.71. The molecule has 0 bridgehead atoms. The van der Waals surface area contributed by atoms with Crippen LogP contribution in [0.5, 0.6) is 0 Å². The summed E-state index contributed by atoms with van der Waals surface area (Å²) in [6.45, 7) is 5.28. The highest BCUT2D eigenvalue weighted by Crippen LogP contribution is 2.34. The summed E-state index contributed by atoms with van der Waals surface area (Å²) in [6.07, 6.45) is -0.704. The predicted molar refractivity (Wildman–Crippen MR) is 124 cm³/mol. The predicted octanol–water partition coefficient (Wildman–Crippen LogP) is 5.69. The molecule has 33 heavy (non-hydrogen) atoms. The van der Waals surface area contributed by atoms with E-state index < -0.39 is 23.5 Å². The second kappa shape index (κ2) is 9.62. The van der Waals surface area contributed by atoms with Crippen LogP contribution in [0.1, 0.15) is 48.0 Å². The molecule has 0 amide bonds. The molecule has 0 aliphatic carbocycles. The number of methoxy groups -OCH3 is 1. The Morgan fingerprint density at radius 3 is 2.36 bits per heavy atom. The first kappa shape index (κ1) is 24.3. The molecule has 0 radical (unpaired) electrons. The van der Waals surface area contributed by atoms with E-state index >= 15 is 0 Å². The van der Waals surface area contributed by atoms with Crippen molar-refractivity contribution in [1.29, 1.82) is 0 Å². The number of nitrogens with zero attached hydrogens (tertiary/aromatic N) is 1. The average molecular weight is 475 g/mol. The van der Waals surface area contributed by atoms with Gasteiger partial charge in [0.25, 0.3) is 0 Å². The maximum absolute atomic E-state index is 13.1. The van der Waals surface area contributed by atoms with Crippen LogP contribution in [-0.4, -0.2) is 41.7 Å². The summed E-state index contributed by atoms with van der Waals surface area (Å²) in [6, 6.07) is 10.1. The lowest BCUT2D eigenvalue weighted by molar-refractivity contribution is 0.0490. The Hall–Kier alpha value is -3.39. The highest BCUT2D eigenvalue weighted by molar-refractivity contribution is 6.31. The number of ether oxygens (including phenoxy) is 2. The molecule has 3 rings (SSSR count). The zero-order valence-corrected chi connectivity index (χ0v) is 19.5. The molecule has 7 nitrogen and oxygen atoms in total. The monoisotopic (exact) mass is 474 g/mol. The van der Waals surface area contributed by atoms with E-state index in [0.29, 0.717) is 27.2 Å². The zero-order chi connectivity index (χ0) is 24.3. The fourth-order valence-electron chi connectivity index (χ4n) is 3.31. The molecule has 174 valence electrons. The molecular weight excluding hydrogens is 451 g/mol. The third-order valence-corrected chi connectivity index (χ3v) is 4.94. The minimum absolute atomic E-state index is 0.0684. The number of ketones is 1. The highest BCUT2D eigenvalue weighted by atomic mass is 35.5. The van der Waals surface area contributed by atoms with Crippen LogP contribution in [0.4, 0.5) is 14.9 Å². The van der Waals surface area contributed by atoms with Crippen molar-refractivity contribution in [3.8, 4) is 0 Å². The fraction of sp³-hybridized carbons (Fsp3) is 0.292. The molecule has 2 aromatic carbocycles. The minimum atomic E-state index is -0.811. The fourth-order valence-corrected chi connectivity index (χ4v) is 3.47. The van der Waals surface area contributed by atoms with Gasteiger partial charge in [0.1, 0.15) is 11.4 Å². The molecule has 3 aromatic rings. The smallest absolute Gasteiger partial charge is 0.419 e. The first-order valence-corrected chi connectivity index (χ1v) is 10.6. The second-order valence-electron chi connectivity index (χ2n) is 8.30. The number of carbonyl (C=O) groups is 3. The van der Waals surface area contributed by atoms with Crippen LogP contribution in [0.2, 0.25) is 5.02 Å². The Morgan fingerprint density at radius 2 is 1.76 bits per heavy atom. The number of fused-ring (bicyclic) bond motifs is 1. The van der Waals surface area contributed by atoms with Gasteiger partial charge in [-0.15, -0.1) is 0 Å². The maximum Gasteiger partial charge on any atom is 0.419 e. The molecule has 0 saturated heterocycles. The third kappa shape index (κ3) is 5.51. The molecule has 0 spiro atoms. The van der Waals surface area contributed by atoms with Crippen LogP contribution < -0.4 is 5.32 Å². The second-order valence-corrected chi connectivity index (χ2v) is 8.74. The van der Waals surface area contributed by atoms with Crippen LogP contribution in [-0.2, 0) is 9.47 Å². The average Bonchev–Trinajstić information content (AvgIpc) is 3.05. The van der Waals surface area contributed by atoms with Crippen molar-refractivity contribution < 1.29 is 28.2 Å². The van der Waals surface area contributed by atoms with Gasteiger partial charge in [-0.1, -0.05) is 11.6 Å². The molecule has 9 heteroatoms. The molecule has 0 aliphatic heterocycles. The number of Topliss-reactive ketones (excluding diaryl/α,β-unsaturated/α-hetero) is 1. The Labute approximate surface area is 195 Å². The van der Waals surface area contributed by atoms with Crippen molar-refractivity contribution in [2.24, 2.45) is 0 Å². The molecule has 1 aromatic heterocycles. The SMILES string of the molecule is COC(=O)c1c(NCCC(=O)c2ccc(F)cc2)c2ccc(Cl)cc2n1C(=O)OC(C)(C)C. The number of halogens is 2. The molecule has 1 N–H and O–H groups in total. The quantitative estimate of drug-likeness (QED) is 0.365. The number of esters is 1. The number of hydrogen-bond acceptors (Lipinski definition) is 6. The summed E-state index contributed by atoms with van der Waals surface area (Å²) in [5.74, 6) is -1.40. The number of aromatic nitrogens is 1. The molecule has 1 heterocycles. The van der Waals surface area contributed by atoms with E-state index in [1.807, 2.05) is 0 Å². The van der Waals surface area contributed by atoms with Crippen LogP contribution in [0, 0.1) is 5.82 Å².